The lowest BCUT2D eigenvalue weighted by Crippen LogP contribution is -2.65. The number of sulfonamides is 1. The first-order valence-corrected chi connectivity index (χ1v) is 26.0. The molecule has 0 bridgehead atoms. The van der Waals surface area contributed by atoms with E-state index >= 15 is 4.39 Å². The summed E-state index contributed by atoms with van der Waals surface area (Å²) >= 11 is 1.47. The molecule has 16 heteroatoms. The largest absolute Gasteiger partial charge is 0.372 e. The minimum atomic E-state index is -4.02. The third kappa shape index (κ3) is 10.0. The van der Waals surface area contributed by atoms with E-state index in [1.165, 1.54) is 75.0 Å². The van der Waals surface area contributed by atoms with Crippen molar-refractivity contribution in [3.63, 3.8) is 0 Å². The summed E-state index contributed by atoms with van der Waals surface area (Å²) < 4.78 is 41.1. The van der Waals surface area contributed by atoms with Crippen LogP contribution in [0.4, 0.5) is 16.0 Å². The van der Waals surface area contributed by atoms with Gasteiger partial charge in [0.1, 0.15) is 11.1 Å². The monoisotopic (exact) mass is 925 g/mol. The summed E-state index contributed by atoms with van der Waals surface area (Å²) in [7, 11) is -4.02. The average molecular weight is 926 g/mol. The van der Waals surface area contributed by atoms with E-state index in [2.05, 4.69) is 75.4 Å². The van der Waals surface area contributed by atoms with Crippen molar-refractivity contribution in [2.75, 3.05) is 62.6 Å². The molecule has 2 unspecified atom stereocenters. The summed E-state index contributed by atoms with van der Waals surface area (Å²) in [5.74, 6) is 0.803. The Balaban J connectivity index is 0.723. The molecule has 348 valence electrons. The number of carbonyl (C=O) groups is 2. The van der Waals surface area contributed by atoms with Crippen molar-refractivity contribution in [1.29, 1.82) is 0 Å². The number of likely N-dealkylation sites (tertiary alicyclic amines) is 2. The minimum absolute atomic E-state index is 0.0446. The van der Waals surface area contributed by atoms with Crippen LogP contribution in [-0.2, 0) is 25.0 Å². The topological polar surface area (TPSA) is 167 Å². The highest BCUT2D eigenvalue weighted by Gasteiger charge is 2.52. The van der Waals surface area contributed by atoms with Gasteiger partial charge in [-0.2, -0.15) is 0 Å². The first kappa shape index (κ1) is 45.8. The number of anilines is 2. The van der Waals surface area contributed by atoms with Crippen LogP contribution in [0.1, 0.15) is 113 Å². The molecule has 2 aromatic heterocycles. The molecular weight excluding hydrogens is 862 g/mol. The van der Waals surface area contributed by atoms with Gasteiger partial charge in [-0.3, -0.25) is 14.9 Å². The Hall–Kier alpha value is -4.35. The Bertz CT molecular complexity index is 2480. The fourth-order valence-electron chi connectivity index (χ4n) is 11.1. The molecule has 5 aliphatic rings. The van der Waals surface area contributed by atoms with Crippen molar-refractivity contribution in [3.05, 3.63) is 76.7 Å². The average Bonchev–Trinajstić information content (AvgIpc) is 3.70. The molecule has 4 saturated heterocycles. The molecular formula is C49H64FN9O4S2. The molecule has 0 radical (unpaired) electrons. The van der Waals surface area contributed by atoms with Gasteiger partial charge in [-0.05, 0) is 112 Å². The number of aromatic nitrogens is 3. The zero-order valence-corrected chi connectivity index (χ0v) is 39.8. The lowest BCUT2D eigenvalue weighted by molar-refractivity contribution is -0.134. The number of thiazole rings is 1. The molecule has 4 aromatic rings. The van der Waals surface area contributed by atoms with Crippen LogP contribution < -0.4 is 20.7 Å². The van der Waals surface area contributed by atoms with Gasteiger partial charge in [0.15, 0.2) is 0 Å². The van der Waals surface area contributed by atoms with Crippen molar-refractivity contribution >= 4 is 44.8 Å². The highest BCUT2D eigenvalue weighted by Crippen LogP contribution is 2.50. The molecule has 2 atom stereocenters. The van der Waals surface area contributed by atoms with E-state index in [1.807, 2.05) is 6.07 Å². The van der Waals surface area contributed by atoms with Gasteiger partial charge in [-0.1, -0.05) is 52.0 Å². The lowest BCUT2D eigenvalue weighted by Gasteiger charge is -2.60. The summed E-state index contributed by atoms with van der Waals surface area (Å²) in [6.07, 6.45) is 9.97. The highest BCUT2D eigenvalue weighted by molar-refractivity contribution is 7.89. The summed E-state index contributed by atoms with van der Waals surface area (Å²) in [6.45, 7) is 17.1. The number of amides is 2. The highest BCUT2D eigenvalue weighted by atomic mass is 32.2. The maximum Gasteiger partial charge on any atom is 0.234 e. The fraction of sp³-hybridized carbons (Fsp3) is 0.571. The number of nitrogens with one attached hydrogen (secondary N) is 2. The molecule has 65 heavy (non-hydrogen) atoms. The van der Waals surface area contributed by atoms with Crippen LogP contribution in [-0.4, -0.2) is 103 Å². The van der Waals surface area contributed by atoms with E-state index in [9.17, 15) is 18.0 Å². The van der Waals surface area contributed by atoms with Crippen molar-refractivity contribution in [2.24, 2.45) is 22.4 Å². The molecule has 1 saturated carbocycles. The van der Waals surface area contributed by atoms with E-state index in [1.54, 1.807) is 25.3 Å². The normalized spacial score (nSPS) is 22.1. The Labute approximate surface area is 387 Å². The van der Waals surface area contributed by atoms with Crippen molar-refractivity contribution in [2.45, 2.75) is 108 Å². The van der Waals surface area contributed by atoms with E-state index in [0.29, 0.717) is 40.5 Å². The molecule has 1 aliphatic carbocycles. The second-order valence-electron chi connectivity index (χ2n) is 20.6. The third-order valence-electron chi connectivity index (χ3n) is 14.6. The Morgan fingerprint density at radius 3 is 2.25 bits per heavy atom. The van der Waals surface area contributed by atoms with Crippen LogP contribution in [0.25, 0.3) is 21.8 Å². The van der Waals surface area contributed by atoms with E-state index in [0.717, 1.165) is 61.4 Å². The minimum Gasteiger partial charge on any atom is -0.372 e. The maximum atomic E-state index is 16.3. The van der Waals surface area contributed by atoms with Gasteiger partial charge in [0.2, 0.25) is 27.8 Å². The summed E-state index contributed by atoms with van der Waals surface area (Å²) in [5, 5.41) is 11.3. The van der Waals surface area contributed by atoms with Crippen LogP contribution in [0.5, 0.6) is 0 Å². The maximum absolute atomic E-state index is 16.3. The summed E-state index contributed by atoms with van der Waals surface area (Å²) in [5.41, 5.74) is 3.61. The molecule has 6 heterocycles. The van der Waals surface area contributed by atoms with Crippen molar-refractivity contribution in [1.82, 2.24) is 30.1 Å². The standard InChI is InChI=1S/C49H64FN9O4S2/c1-5-40(65(51,62)63)37-7-6-8-38(42(37)50)43-44(64-46(56-43)48(2,3)4)39-15-20-52-47(54-39)53-34-25-49(26-34)29-58(30-49)28-31-16-21-57(22-17-31)27-32-18-23-59(24-19-32)35-11-9-33(10-12-35)36-13-14-41(60)55-45(36)61/h6-12,15,20,31-32,34,36,40H,5,13-14,16-19,21-30H2,1-4H3,(H2,51,62,63)(H,52,53,54)(H,55,60,61). The van der Waals surface area contributed by atoms with Crippen LogP contribution in [0.2, 0.25) is 0 Å². The first-order valence-electron chi connectivity index (χ1n) is 23.6. The van der Waals surface area contributed by atoms with Gasteiger partial charge in [0.05, 0.1) is 27.2 Å². The van der Waals surface area contributed by atoms with Crippen LogP contribution in [0.3, 0.4) is 0 Å². The second-order valence-corrected chi connectivity index (χ2v) is 23.3. The van der Waals surface area contributed by atoms with Gasteiger partial charge < -0.3 is 20.0 Å². The molecule has 5 fully saturated rings. The van der Waals surface area contributed by atoms with Crippen LogP contribution in [0, 0.1) is 23.1 Å². The Morgan fingerprint density at radius 2 is 1.60 bits per heavy atom. The van der Waals surface area contributed by atoms with Crippen molar-refractivity contribution < 1.29 is 22.4 Å². The summed E-state index contributed by atoms with van der Waals surface area (Å²) in [6, 6.07) is 15.3. The molecule has 2 amide bonds. The molecule has 4 aliphatic heterocycles. The molecule has 9 rings (SSSR count). The fourth-order valence-corrected chi connectivity index (χ4v) is 13.2. The number of benzene rings is 2. The lowest BCUT2D eigenvalue weighted by atomic mass is 9.60. The smallest absolute Gasteiger partial charge is 0.234 e. The number of imide groups is 1. The number of nitrogens with zero attached hydrogens (tertiary/aromatic N) is 6. The number of hydrogen-bond acceptors (Lipinski definition) is 12. The number of rotatable bonds is 13. The van der Waals surface area contributed by atoms with Crippen molar-refractivity contribution in [3.8, 4) is 21.8 Å². The van der Waals surface area contributed by atoms with Gasteiger partial charge in [-0.25, -0.2) is 32.9 Å². The quantitative estimate of drug-likeness (QED) is 0.114. The number of primary sulfonamides is 1. The van der Waals surface area contributed by atoms with Crippen LogP contribution in [0.15, 0.2) is 54.7 Å². The van der Waals surface area contributed by atoms with Gasteiger partial charge in [0, 0.05) is 80.2 Å². The molecule has 1 spiro atoms. The zero-order chi connectivity index (χ0) is 45.7. The number of piperidine rings is 3. The number of halogens is 1. The Morgan fingerprint density at radius 1 is 0.923 bits per heavy atom. The van der Waals surface area contributed by atoms with Gasteiger partial charge >= 0.3 is 0 Å². The number of hydrogen-bond donors (Lipinski definition) is 3. The second kappa shape index (κ2) is 18.4. The predicted molar refractivity (Wildman–Crippen MR) is 255 cm³/mol. The molecule has 2 aromatic carbocycles. The third-order valence-corrected chi connectivity index (χ3v) is 17.5. The number of carbonyl (C=O) groups excluding carboxylic acids is 2. The van der Waals surface area contributed by atoms with E-state index in [-0.39, 0.29) is 46.7 Å². The van der Waals surface area contributed by atoms with Gasteiger partial charge in [-0.15, -0.1) is 11.3 Å². The molecule has 13 nitrogen and oxygen atoms in total. The number of nitrogens with two attached hydrogens (primary N) is 1. The van der Waals surface area contributed by atoms with E-state index < -0.39 is 21.1 Å². The van der Waals surface area contributed by atoms with Gasteiger partial charge in [0.25, 0.3) is 0 Å². The summed E-state index contributed by atoms with van der Waals surface area (Å²) in [4.78, 5) is 46.9. The predicted octanol–water partition coefficient (Wildman–Crippen LogP) is 7.47. The van der Waals surface area contributed by atoms with Crippen LogP contribution >= 0.6 is 11.3 Å². The first-order chi connectivity index (χ1) is 31.0. The Kier molecular flexibility index (Phi) is 12.9. The van der Waals surface area contributed by atoms with E-state index in [4.69, 9.17) is 15.1 Å². The molecule has 4 N–H and O–H groups in total. The zero-order valence-electron chi connectivity index (χ0n) is 38.2. The SMILES string of the molecule is CCC(c1cccc(-c2nc(C(C)(C)C)sc2-c2ccnc(NC3CC4(C3)CN(CC3CCN(CC5CCN(c6ccc(C7CCC(=O)NC7=O)cc6)CC5)CC3)C4)n2)c1F)S(N)(=O)=O.